The van der Waals surface area contributed by atoms with E-state index < -0.39 is 11.9 Å². The molecule has 0 fully saturated rings. The second-order valence-electron chi connectivity index (χ2n) is 6.62. The number of aromatic nitrogens is 1. The van der Waals surface area contributed by atoms with Crippen LogP contribution in [0.25, 0.3) is 0 Å². The van der Waals surface area contributed by atoms with E-state index in [4.69, 9.17) is 5.73 Å². The van der Waals surface area contributed by atoms with E-state index in [1.165, 1.54) is 0 Å². The van der Waals surface area contributed by atoms with E-state index in [1.54, 1.807) is 36.5 Å². The Kier molecular flexibility index (Phi) is 7.65. The summed E-state index contributed by atoms with van der Waals surface area (Å²) in [7, 11) is 0. The highest BCUT2D eigenvalue weighted by atomic mass is 16.2. The van der Waals surface area contributed by atoms with E-state index in [0.717, 1.165) is 5.69 Å². The number of amides is 3. The van der Waals surface area contributed by atoms with Gasteiger partial charge in [0.05, 0.1) is 24.8 Å². The van der Waals surface area contributed by atoms with Crippen LogP contribution in [0.15, 0.2) is 48.7 Å². The van der Waals surface area contributed by atoms with Crippen molar-refractivity contribution in [3.8, 4) is 0 Å². The summed E-state index contributed by atoms with van der Waals surface area (Å²) in [6.45, 7) is 3.76. The topological polar surface area (TPSA) is 126 Å². The number of rotatable bonds is 8. The molecular formula is C20H25N5O3. The number of nitrogens with zero attached hydrogens (tertiary/aromatic N) is 1. The van der Waals surface area contributed by atoms with E-state index in [2.05, 4.69) is 20.9 Å². The van der Waals surface area contributed by atoms with Crippen molar-refractivity contribution in [3.63, 3.8) is 0 Å². The van der Waals surface area contributed by atoms with Crippen molar-refractivity contribution >= 4 is 23.4 Å². The van der Waals surface area contributed by atoms with Crippen LogP contribution in [0.4, 0.5) is 5.69 Å². The lowest BCUT2D eigenvalue weighted by Gasteiger charge is -2.15. The summed E-state index contributed by atoms with van der Waals surface area (Å²) in [6, 6.07) is 11.3. The lowest BCUT2D eigenvalue weighted by Crippen LogP contribution is -2.46. The van der Waals surface area contributed by atoms with Gasteiger partial charge in [0.1, 0.15) is 0 Å². The Balaban J connectivity index is 1.87. The highest BCUT2D eigenvalue weighted by molar-refractivity contribution is 5.98. The molecule has 5 N–H and O–H groups in total. The van der Waals surface area contributed by atoms with Gasteiger partial charge in [0, 0.05) is 17.4 Å². The van der Waals surface area contributed by atoms with Gasteiger partial charge in [-0.15, -0.1) is 0 Å². The summed E-state index contributed by atoms with van der Waals surface area (Å²) in [5, 5.41) is 7.92. The lowest BCUT2D eigenvalue weighted by atomic mass is 10.1. The fourth-order valence-electron chi connectivity index (χ4n) is 2.31. The van der Waals surface area contributed by atoms with Crippen molar-refractivity contribution in [2.75, 3.05) is 11.9 Å². The number of carbonyl (C=O) groups is 3. The SMILES string of the molecule is CC(C)[C@H](N)C(=O)NCC(=O)Nc1cccc(C(=O)NCc2ccccn2)c1. The molecule has 0 aliphatic rings. The Labute approximate surface area is 163 Å². The molecule has 1 aromatic carbocycles. The number of hydrogen-bond donors (Lipinski definition) is 4. The molecule has 8 nitrogen and oxygen atoms in total. The summed E-state index contributed by atoms with van der Waals surface area (Å²) in [5.41, 5.74) is 7.33. The van der Waals surface area contributed by atoms with Crippen LogP contribution in [0.2, 0.25) is 0 Å². The molecule has 0 saturated carbocycles. The third-order valence-electron chi connectivity index (χ3n) is 4.01. The summed E-state index contributed by atoms with van der Waals surface area (Å²) in [4.78, 5) is 40.3. The number of pyridine rings is 1. The number of hydrogen-bond acceptors (Lipinski definition) is 5. The molecule has 148 valence electrons. The average molecular weight is 383 g/mol. The predicted molar refractivity (Wildman–Crippen MR) is 106 cm³/mol. The average Bonchev–Trinajstić information content (AvgIpc) is 2.70. The number of anilines is 1. The molecule has 0 spiro atoms. The van der Waals surface area contributed by atoms with Crippen LogP contribution in [0.5, 0.6) is 0 Å². The maximum atomic E-state index is 12.3. The Morgan fingerprint density at radius 3 is 2.54 bits per heavy atom. The first kappa shape index (κ1) is 21.0. The zero-order chi connectivity index (χ0) is 20.5. The smallest absolute Gasteiger partial charge is 0.251 e. The monoisotopic (exact) mass is 383 g/mol. The molecule has 1 heterocycles. The largest absolute Gasteiger partial charge is 0.346 e. The fourth-order valence-corrected chi connectivity index (χ4v) is 2.31. The molecule has 2 rings (SSSR count). The quantitative estimate of drug-likeness (QED) is 0.542. The van der Waals surface area contributed by atoms with Crippen LogP contribution in [0.1, 0.15) is 29.9 Å². The van der Waals surface area contributed by atoms with Gasteiger partial charge in [0.15, 0.2) is 0 Å². The standard InChI is InChI=1S/C20H25N5O3/c1-13(2)18(21)20(28)24-12-17(26)25-15-8-5-6-14(10-15)19(27)23-11-16-7-3-4-9-22-16/h3-10,13,18H,11-12,21H2,1-2H3,(H,23,27)(H,24,28)(H,25,26)/t18-/m0/s1. The van der Waals surface area contributed by atoms with Crippen LogP contribution in [0.3, 0.4) is 0 Å². The minimum Gasteiger partial charge on any atom is -0.346 e. The molecule has 8 heteroatoms. The van der Waals surface area contributed by atoms with Crippen LogP contribution < -0.4 is 21.7 Å². The van der Waals surface area contributed by atoms with Gasteiger partial charge in [0.2, 0.25) is 11.8 Å². The van der Waals surface area contributed by atoms with Gasteiger partial charge < -0.3 is 21.7 Å². The molecule has 3 amide bonds. The van der Waals surface area contributed by atoms with Crippen LogP contribution in [-0.2, 0) is 16.1 Å². The summed E-state index contributed by atoms with van der Waals surface area (Å²) < 4.78 is 0. The second-order valence-corrected chi connectivity index (χ2v) is 6.62. The first-order valence-electron chi connectivity index (χ1n) is 8.98. The van der Waals surface area contributed by atoms with Gasteiger partial charge in [-0.1, -0.05) is 26.0 Å². The third kappa shape index (κ3) is 6.48. The Bertz CT molecular complexity index is 824. The van der Waals surface area contributed by atoms with Gasteiger partial charge in [-0.25, -0.2) is 0 Å². The first-order valence-corrected chi connectivity index (χ1v) is 8.98. The molecule has 2 aromatic rings. The highest BCUT2D eigenvalue weighted by Crippen LogP contribution is 2.11. The molecule has 1 atom stereocenters. The number of carbonyl (C=O) groups excluding carboxylic acids is 3. The third-order valence-corrected chi connectivity index (χ3v) is 4.01. The van der Waals surface area contributed by atoms with Gasteiger partial charge in [-0.05, 0) is 36.2 Å². The van der Waals surface area contributed by atoms with Gasteiger partial charge in [0.25, 0.3) is 5.91 Å². The molecule has 28 heavy (non-hydrogen) atoms. The molecule has 0 radical (unpaired) electrons. The normalized spacial score (nSPS) is 11.6. The Hall–Kier alpha value is -3.26. The Morgan fingerprint density at radius 1 is 1.07 bits per heavy atom. The minimum atomic E-state index is -0.668. The maximum absolute atomic E-state index is 12.3. The van der Waals surface area contributed by atoms with Crippen LogP contribution >= 0.6 is 0 Å². The van der Waals surface area contributed by atoms with Crippen LogP contribution in [-0.4, -0.2) is 35.3 Å². The van der Waals surface area contributed by atoms with Crippen molar-refractivity contribution < 1.29 is 14.4 Å². The van der Waals surface area contributed by atoms with Crippen molar-refractivity contribution in [1.82, 2.24) is 15.6 Å². The number of benzene rings is 1. The lowest BCUT2D eigenvalue weighted by molar-refractivity contribution is -0.125. The van der Waals surface area contributed by atoms with E-state index in [9.17, 15) is 14.4 Å². The van der Waals surface area contributed by atoms with Crippen molar-refractivity contribution in [1.29, 1.82) is 0 Å². The van der Waals surface area contributed by atoms with Crippen molar-refractivity contribution in [2.24, 2.45) is 11.7 Å². The number of nitrogens with one attached hydrogen (secondary N) is 3. The van der Waals surface area contributed by atoms with Gasteiger partial charge in [-0.2, -0.15) is 0 Å². The van der Waals surface area contributed by atoms with Gasteiger partial charge >= 0.3 is 0 Å². The summed E-state index contributed by atoms with van der Waals surface area (Å²) in [6.07, 6.45) is 1.66. The van der Waals surface area contributed by atoms with E-state index in [0.29, 0.717) is 17.8 Å². The fraction of sp³-hybridized carbons (Fsp3) is 0.300. The van der Waals surface area contributed by atoms with E-state index in [1.807, 2.05) is 26.0 Å². The van der Waals surface area contributed by atoms with E-state index >= 15 is 0 Å². The highest BCUT2D eigenvalue weighted by Gasteiger charge is 2.17. The summed E-state index contributed by atoms with van der Waals surface area (Å²) in [5.74, 6) is -1.09. The van der Waals surface area contributed by atoms with E-state index in [-0.39, 0.29) is 24.3 Å². The first-order chi connectivity index (χ1) is 13.4. The molecule has 1 aromatic heterocycles. The molecular weight excluding hydrogens is 358 g/mol. The molecule has 0 saturated heterocycles. The minimum absolute atomic E-state index is 0.0238. The van der Waals surface area contributed by atoms with Crippen molar-refractivity contribution in [3.05, 3.63) is 59.9 Å². The van der Waals surface area contributed by atoms with Gasteiger partial charge in [-0.3, -0.25) is 19.4 Å². The second kappa shape index (κ2) is 10.2. The molecule has 0 aliphatic carbocycles. The maximum Gasteiger partial charge on any atom is 0.251 e. The van der Waals surface area contributed by atoms with Crippen LogP contribution in [0, 0.1) is 5.92 Å². The number of nitrogens with two attached hydrogens (primary N) is 1. The molecule has 0 bridgehead atoms. The molecule has 0 unspecified atom stereocenters. The van der Waals surface area contributed by atoms with Crippen molar-refractivity contribution in [2.45, 2.75) is 26.4 Å². The zero-order valence-corrected chi connectivity index (χ0v) is 15.9. The summed E-state index contributed by atoms with van der Waals surface area (Å²) >= 11 is 0. The predicted octanol–water partition coefficient (Wildman–Crippen LogP) is 1.05. The Morgan fingerprint density at radius 2 is 1.86 bits per heavy atom. The molecule has 0 aliphatic heterocycles. The zero-order valence-electron chi connectivity index (χ0n) is 15.9.